The predicted molar refractivity (Wildman–Crippen MR) is 80.9 cm³/mol. The summed E-state index contributed by atoms with van der Waals surface area (Å²) in [6.45, 7) is 7.94. The summed E-state index contributed by atoms with van der Waals surface area (Å²) in [6.07, 6.45) is 1.21. The SMILES string of the molecule is CCCN(C)P(C)c1cc(C)ccc1N(C)C. The van der Waals surface area contributed by atoms with Crippen molar-refractivity contribution in [1.29, 1.82) is 0 Å². The van der Waals surface area contributed by atoms with Gasteiger partial charge in [-0.3, -0.25) is 4.67 Å². The second kappa shape index (κ2) is 6.37. The average Bonchev–Trinajstić information content (AvgIpc) is 2.27. The first-order valence-electron chi connectivity index (χ1n) is 6.20. The Morgan fingerprint density at radius 2 is 1.82 bits per heavy atom. The van der Waals surface area contributed by atoms with Gasteiger partial charge in [0.05, 0.1) is 0 Å². The lowest BCUT2D eigenvalue weighted by atomic mass is 10.2. The zero-order chi connectivity index (χ0) is 13.0. The summed E-state index contributed by atoms with van der Waals surface area (Å²) in [5, 5.41) is 1.49. The Labute approximate surface area is 107 Å². The van der Waals surface area contributed by atoms with Gasteiger partial charge in [0.1, 0.15) is 0 Å². The van der Waals surface area contributed by atoms with Crippen LogP contribution in [0, 0.1) is 6.92 Å². The van der Waals surface area contributed by atoms with Crippen LogP contribution in [0.5, 0.6) is 0 Å². The monoisotopic (exact) mass is 252 g/mol. The molecule has 1 unspecified atom stereocenters. The maximum atomic E-state index is 2.48. The molecule has 1 aromatic carbocycles. The van der Waals surface area contributed by atoms with Crippen molar-refractivity contribution in [2.24, 2.45) is 0 Å². The predicted octanol–water partition coefficient (Wildman–Crippen LogP) is 3.05. The summed E-state index contributed by atoms with van der Waals surface area (Å²) in [4.78, 5) is 2.22. The highest BCUT2D eigenvalue weighted by Crippen LogP contribution is 2.37. The van der Waals surface area contributed by atoms with Gasteiger partial charge in [-0.1, -0.05) is 18.6 Å². The number of rotatable bonds is 5. The van der Waals surface area contributed by atoms with Crippen molar-refractivity contribution >= 4 is 19.1 Å². The Kier molecular flexibility index (Phi) is 5.42. The van der Waals surface area contributed by atoms with Gasteiger partial charge in [-0.2, -0.15) is 0 Å². The highest BCUT2D eigenvalue weighted by Gasteiger charge is 2.15. The van der Waals surface area contributed by atoms with E-state index in [1.54, 1.807) is 0 Å². The zero-order valence-corrected chi connectivity index (χ0v) is 12.9. The van der Waals surface area contributed by atoms with E-state index in [4.69, 9.17) is 0 Å². The molecule has 1 atom stereocenters. The highest BCUT2D eigenvalue weighted by molar-refractivity contribution is 7.62. The Bertz CT molecular complexity index is 363. The van der Waals surface area contributed by atoms with Gasteiger partial charge >= 0.3 is 0 Å². The fourth-order valence-electron chi connectivity index (χ4n) is 1.93. The van der Waals surface area contributed by atoms with Crippen molar-refractivity contribution in [3.63, 3.8) is 0 Å². The molecule has 0 bridgehead atoms. The van der Waals surface area contributed by atoms with Crippen molar-refractivity contribution in [3.05, 3.63) is 23.8 Å². The van der Waals surface area contributed by atoms with Gasteiger partial charge in [0.25, 0.3) is 0 Å². The van der Waals surface area contributed by atoms with Crippen LogP contribution in [0.2, 0.25) is 0 Å². The number of anilines is 1. The average molecular weight is 252 g/mol. The summed E-state index contributed by atoms with van der Waals surface area (Å²) in [7, 11) is 6.26. The molecular formula is C14H25N2P. The van der Waals surface area contributed by atoms with Gasteiger partial charge < -0.3 is 4.90 Å². The van der Waals surface area contributed by atoms with Crippen LogP contribution >= 0.6 is 8.07 Å². The van der Waals surface area contributed by atoms with Crippen molar-refractivity contribution in [2.75, 3.05) is 39.3 Å². The lowest BCUT2D eigenvalue weighted by Crippen LogP contribution is -2.24. The van der Waals surface area contributed by atoms with E-state index < -0.39 is 0 Å². The van der Waals surface area contributed by atoms with E-state index in [2.05, 4.69) is 69.4 Å². The number of hydrogen-bond donors (Lipinski definition) is 0. The van der Waals surface area contributed by atoms with Crippen LogP contribution in [0.4, 0.5) is 5.69 Å². The van der Waals surface area contributed by atoms with Crippen molar-refractivity contribution < 1.29 is 0 Å². The molecule has 0 aliphatic rings. The fraction of sp³-hybridized carbons (Fsp3) is 0.571. The van der Waals surface area contributed by atoms with Crippen LogP contribution in [0.3, 0.4) is 0 Å². The Hall–Kier alpha value is -0.590. The summed E-state index contributed by atoms with van der Waals surface area (Å²) < 4.78 is 2.48. The van der Waals surface area contributed by atoms with Gasteiger partial charge in [0.2, 0.25) is 0 Å². The first-order valence-corrected chi connectivity index (χ1v) is 7.94. The Morgan fingerprint density at radius 3 is 2.35 bits per heavy atom. The van der Waals surface area contributed by atoms with E-state index >= 15 is 0 Å². The molecule has 0 aliphatic heterocycles. The number of nitrogens with zero attached hydrogens (tertiary/aromatic N) is 2. The largest absolute Gasteiger partial charge is 0.377 e. The minimum Gasteiger partial charge on any atom is -0.377 e. The molecule has 1 aromatic rings. The van der Waals surface area contributed by atoms with Crippen LogP contribution in [0.25, 0.3) is 0 Å². The third-order valence-corrected chi connectivity index (χ3v) is 5.30. The van der Waals surface area contributed by atoms with E-state index in [1.165, 1.54) is 29.5 Å². The van der Waals surface area contributed by atoms with E-state index in [9.17, 15) is 0 Å². The number of aryl methyl sites for hydroxylation is 1. The highest BCUT2D eigenvalue weighted by atomic mass is 31.1. The second-order valence-electron chi connectivity index (χ2n) is 4.79. The molecule has 1 rings (SSSR count). The van der Waals surface area contributed by atoms with Gasteiger partial charge in [0, 0.05) is 31.6 Å². The van der Waals surface area contributed by atoms with E-state index in [0.717, 1.165) is 0 Å². The normalized spacial score (nSPS) is 12.9. The summed E-state index contributed by atoms with van der Waals surface area (Å²) in [5.74, 6) is 0. The van der Waals surface area contributed by atoms with E-state index in [-0.39, 0.29) is 8.07 Å². The molecule has 2 nitrogen and oxygen atoms in total. The molecule has 0 spiro atoms. The van der Waals surface area contributed by atoms with Gasteiger partial charge in [-0.15, -0.1) is 0 Å². The van der Waals surface area contributed by atoms with Crippen LogP contribution in [-0.4, -0.2) is 39.0 Å². The Morgan fingerprint density at radius 1 is 1.18 bits per heavy atom. The molecule has 0 amide bonds. The minimum absolute atomic E-state index is 0.221. The third kappa shape index (κ3) is 3.69. The molecule has 0 saturated heterocycles. The summed E-state index contributed by atoms with van der Waals surface area (Å²) in [6, 6.07) is 6.78. The number of benzene rings is 1. The van der Waals surface area contributed by atoms with E-state index in [0.29, 0.717) is 0 Å². The van der Waals surface area contributed by atoms with Crippen LogP contribution in [-0.2, 0) is 0 Å². The van der Waals surface area contributed by atoms with E-state index in [1.807, 2.05) is 0 Å². The van der Waals surface area contributed by atoms with Gasteiger partial charge in [0.15, 0.2) is 0 Å². The smallest absolute Gasteiger partial charge is 0.0452 e. The minimum atomic E-state index is -0.221. The molecule has 0 radical (unpaired) electrons. The standard InChI is InChI=1S/C14H25N2P/c1-7-10-16(5)17(6)14-11-12(2)8-9-13(14)15(3)4/h8-9,11H,7,10H2,1-6H3. The van der Waals surface area contributed by atoms with Crippen LogP contribution in [0.15, 0.2) is 18.2 Å². The molecule has 0 aromatic heterocycles. The fourth-order valence-corrected chi connectivity index (χ4v) is 3.79. The van der Waals surface area contributed by atoms with Crippen molar-refractivity contribution in [3.8, 4) is 0 Å². The molecule has 0 heterocycles. The topological polar surface area (TPSA) is 6.48 Å². The first kappa shape index (κ1) is 14.5. The molecule has 96 valence electrons. The van der Waals surface area contributed by atoms with Crippen molar-refractivity contribution in [2.45, 2.75) is 20.3 Å². The molecular weight excluding hydrogens is 227 g/mol. The molecule has 0 saturated carbocycles. The quantitative estimate of drug-likeness (QED) is 0.743. The van der Waals surface area contributed by atoms with Gasteiger partial charge in [-0.05, 0) is 47.3 Å². The van der Waals surface area contributed by atoms with Crippen LogP contribution < -0.4 is 10.2 Å². The second-order valence-corrected chi connectivity index (χ2v) is 7.00. The lowest BCUT2D eigenvalue weighted by Gasteiger charge is -2.28. The summed E-state index contributed by atoms with van der Waals surface area (Å²) in [5.41, 5.74) is 2.71. The summed E-state index contributed by atoms with van der Waals surface area (Å²) >= 11 is 0. The lowest BCUT2D eigenvalue weighted by molar-refractivity contribution is 0.547. The Balaban J connectivity index is 3.05. The maximum Gasteiger partial charge on any atom is 0.0452 e. The van der Waals surface area contributed by atoms with Crippen LogP contribution in [0.1, 0.15) is 18.9 Å². The molecule has 3 heteroatoms. The van der Waals surface area contributed by atoms with Gasteiger partial charge in [-0.25, -0.2) is 0 Å². The van der Waals surface area contributed by atoms with Crippen molar-refractivity contribution in [1.82, 2.24) is 4.67 Å². The molecule has 0 aliphatic carbocycles. The molecule has 0 N–H and O–H groups in total. The first-order chi connectivity index (χ1) is 7.97. The molecule has 17 heavy (non-hydrogen) atoms. The zero-order valence-electron chi connectivity index (χ0n) is 12.0. The molecule has 0 fully saturated rings. The maximum absolute atomic E-state index is 2.48. The third-order valence-electron chi connectivity index (χ3n) is 3.02. The number of hydrogen-bond acceptors (Lipinski definition) is 2.